The molecule has 0 aliphatic heterocycles. The molecule has 0 saturated carbocycles. The number of carbonyl (C=O) groups is 1. The Kier molecular flexibility index (Phi) is 20.8. The standard InChI is InChI=1S/C26H52O2/c1-5-9-11-13-14-15-16-17-18-19-21-23-26(27)28-25(24(7-3)8-4)22-20-12-10-6-2/h24-25H,5-23H2,1-4H3. The third-order valence-corrected chi connectivity index (χ3v) is 6.18. The van der Waals surface area contributed by atoms with Crippen molar-refractivity contribution in [3.63, 3.8) is 0 Å². The van der Waals surface area contributed by atoms with Crippen LogP contribution in [-0.4, -0.2) is 12.1 Å². The molecule has 0 aromatic rings. The highest BCUT2D eigenvalue weighted by atomic mass is 16.5. The van der Waals surface area contributed by atoms with Crippen molar-refractivity contribution in [2.75, 3.05) is 0 Å². The number of hydrogen-bond acceptors (Lipinski definition) is 2. The van der Waals surface area contributed by atoms with E-state index < -0.39 is 0 Å². The van der Waals surface area contributed by atoms with Crippen LogP contribution in [0.4, 0.5) is 0 Å². The lowest BCUT2D eigenvalue weighted by Gasteiger charge is -2.25. The molecule has 0 aliphatic carbocycles. The lowest BCUT2D eigenvalue weighted by Crippen LogP contribution is -2.26. The summed E-state index contributed by atoms with van der Waals surface area (Å²) in [7, 11) is 0. The number of esters is 1. The van der Waals surface area contributed by atoms with Crippen molar-refractivity contribution >= 4 is 5.97 Å². The van der Waals surface area contributed by atoms with Gasteiger partial charge in [0.05, 0.1) is 0 Å². The van der Waals surface area contributed by atoms with E-state index in [0.717, 1.165) is 25.7 Å². The SMILES string of the molecule is CCCCCCCCCCCCCC(=O)OC(CCCCCC)C(CC)CC. The fourth-order valence-electron chi connectivity index (χ4n) is 4.14. The molecule has 1 unspecified atom stereocenters. The minimum Gasteiger partial charge on any atom is -0.462 e. The van der Waals surface area contributed by atoms with Crippen LogP contribution in [0.3, 0.4) is 0 Å². The van der Waals surface area contributed by atoms with Crippen LogP contribution >= 0.6 is 0 Å². The molecular weight excluding hydrogens is 344 g/mol. The van der Waals surface area contributed by atoms with Gasteiger partial charge in [-0.1, -0.05) is 111 Å². The van der Waals surface area contributed by atoms with Gasteiger partial charge in [0.1, 0.15) is 6.10 Å². The summed E-state index contributed by atoms with van der Waals surface area (Å²) >= 11 is 0. The summed E-state index contributed by atoms with van der Waals surface area (Å²) in [5, 5.41) is 0. The summed E-state index contributed by atoms with van der Waals surface area (Å²) < 4.78 is 5.93. The fraction of sp³-hybridized carbons (Fsp3) is 0.962. The van der Waals surface area contributed by atoms with E-state index in [2.05, 4.69) is 27.7 Å². The predicted octanol–water partition coefficient (Wildman–Crippen LogP) is 9.01. The molecule has 0 rings (SSSR count). The molecule has 0 saturated heterocycles. The lowest BCUT2D eigenvalue weighted by molar-refractivity contribution is -0.152. The summed E-state index contributed by atoms with van der Waals surface area (Å²) in [5.74, 6) is 0.575. The van der Waals surface area contributed by atoms with Gasteiger partial charge < -0.3 is 4.74 Å². The maximum absolute atomic E-state index is 12.3. The average molecular weight is 397 g/mol. The van der Waals surface area contributed by atoms with Crippen LogP contribution in [0.5, 0.6) is 0 Å². The number of hydrogen-bond donors (Lipinski definition) is 0. The van der Waals surface area contributed by atoms with Gasteiger partial charge >= 0.3 is 5.97 Å². The van der Waals surface area contributed by atoms with Crippen molar-refractivity contribution in [2.24, 2.45) is 5.92 Å². The molecule has 0 aromatic carbocycles. The van der Waals surface area contributed by atoms with Crippen molar-refractivity contribution < 1.29 is 9.53 Å². The summed E-state index contributed by atoms with van der Waals surface area (Å²) in [6.07, 6.45) is 23.5. The molecule has 0 heterocycles. The first-order chi connectivity index (χ1) is 13.7. The Balaban J connectivity index is 3.80. The number of rotatable bonds is 21. The third-order valence-electron chi connectivity index (χ3n) is 6.18. The molecule has 0 bridgehead atoms. The van der Waals surface area contributed by atoms with Crippen LogP contribution in [-0.2, 0) is 9.53 Å². The highest BCUT2D eigenvalue weighted by molar-refractivity contribution is 5.69. The topological polar surface area (TPSA) is 26.3 Å². The summed E-state index contributed by atoms with van der Waals surface area (Å²) in [4.78, 5) is 12.3. The van der Waals surface area contributed by atoms with Crippen molar-refractivity contribution in [2.45, 2.75) is 156 Å². The van der Waals surface area contributed by atoms with Gasteiger partial charge in [0.15, 0.2) is 0 Å². The Morgan fingerprint density at radius 1 is 0.607 bits per heavy atom. The van der Waals surface area contributed by atoms with Gasteiger partial charge in [0.2, 0.25) is 0 Å². The Morgan fingerprint density at radius 2 is 1.04 bits per heavy atom. The largest absolute Gasteiger partial charge is 0.462 e. The van der Waals surface area contributed by atoms with Gasteiger partial charge in [0, 0.05) is 6.42 Å². The Morgan fingerprint density at radius 3 is 1.50 bits per heavy atom. The van der Waals surface area contributed by atoms with Crippen LogP contribution in [0.1, 0.15) is 150 Å². The van der Waals surface area contributed by atoms with Crippen molar-refractivity contribution in [1.29, 1.82) is 0 Å². The molecule has 0 spiro atoms. The smallest absolute Gasteiger partial charge is 0.306 e. The van der Waals surface area contributed by atoms with Crippen molar-refractivity contribution in [3.8, 4) is 0 Å². The van der Waals surface area contributed by atoms with E-state index >= 15 is 0 Å². The first-order valence-electron chi connectivity index (χ1n) is 12.9. The Hall–Kier alpha value is -0.530. The molecule has 0 N–H and O–H groups in total. The van der Waals surface area contributed by atoms with E-state index in [9.17, 15) is 4.79 Å². The lowest BCUT2D eigenvalue weighted by atomic mass is 9.92. The van der Waals surface area contributed by atoms with E-state index in [1.54, 1.807) is 0 Å². The fourth-order valence-corrected chi connectivity index (χ4v) is 4.14. The minimum atomic E-state index is 0.0447. The van der Waals surface area contributed by atoms with Gasteiger partial charge in [-0.05, 0) is 38.0 Å². The predicted molar refractivity (Wildman–Crippen MR) is 124 cm³/mol. The zero-order chi connectivity index (χ0) is 20.9. The maximum Gasteiger partial charge on any atom is 0.306 e. The van der Waals surface area contributed by atoms with E-state index in [1.807, 2.05) is 0 Å². The normalized spacial score (nSPS) is 12.5. The van der Waals surface area contributed by atoms with Gasteiger partial charge in [-0.3, -0.25) is 4.79 Å². The zero-order valence-corrected chi connectivity index (χ0v) is 19.9. The molecule has 28 heavy (non-hydrogen) atoms. The monoisotopic (exact) mass is 396 g/mol. The van der Waals surface area contributed by atoms with Gasteiger partial charge in [-0.25, -0.2) is 0 Å². The Bertz CT molecular complexity index is 322. The molecular formula is C26H52O2. The molecule has 2 heteroatoms. The van der Waals surface area contributed by atoms with E-state index in [0.29, 0.717) is 12.3 Å². The molecule has 0 amide bonds. The average Bonchev–Trinajstić information content (AvgIpc) is 2.70. The number of unbranched alkanes of at least 4 members (excludes halogenated alkanes) is 13. The van der Waals surface area contributed by atoms with E-state index in [1.165, 1.54) is 89.9 Å². The summed E-state index contributed by atoms with van der Waals surface area (Å²) in [6, 6.07) is 0. The quantitative estimate of drug-likeness (QED) is 0.143. The van der Waals surface area contributed by atoms with Crippen LogP contribution < -0.4 is 0 Å². The second-order valence-corrected chi connectivity index (χ2v) is 8.74. The highest BCUT2D eigenvalue weighted by Gasteiger charge is 2.22. The number of ether oxygens (including phenoxy) is 1. The second kappa shape index (κ2) is 21.2. The molecule has 0 aromatic heterocycles. The third kappa shape index (κ3) is 16.4. The molecule has 0 aliphatic rings. The van der Waals surface area contributed by atoms with Gasteiger partial charge in [-0.15, -0.1) is 0 Å². The van der Waals surface area contributed by atoms with E-state index in [-0.39, 0.29) is 12.1 Å². The Labute approximate surface area is 177 Å². The van der Waals surface area contributed by atoms with Crippen LogP contribution in [0.25, 0.3) is 0 Å². The van der Waals surface area contributed by atoms with Crippen LogP contribution in [0.15, 0.2) is 0 Å². The first kappa shape index (κ1) is 27.5. The molecule has 0 radical (unpaired) electrons. The first-order valence-corrected chi connectivity index (χ1v) is 12.9. The van der Waals surface area contributed by atoms with Crippen LogP contribution in [0, 0.1) is 5.92 Å². The zero-order valence-electron chi connectivity index (χ0n) is 19.9. The minimum absolute atomic E-state index is 0.0447. The maximum atomic E-state index is 12.3. The second-order valence-electron chi connectivity index (χ2n) is 8.74. The van der Waals surface area contributed by atoms with Crippen LogP contribution in [0.2, 0.25) is 0 Å². The molecule has 168 valence electrons. The van der Waals surface area contributed by atoms with Crippen molar-refractivity contribution in [3.05, 3.63) is 0 Å². The van der Waals surface area contributed by atoms with E-state index in [4.69, 9.17) is 4.74 Å². The van der Waals surface area contributed by atoms with Gasteiger partial charge in [-0.2, -0.15) is 0 Å². The number of carbonyl (C=O) groups excluding carboxylic acids is 1. The summed E-state index contributed by atoms with van der Waals surface area (Å²) in [5.41, 5.74) is 0. The van der Waals surface area contributed by atoms with Crippen molar-refractivity contribution in [1.82, 2.24) is 0 Å². The molecule has 2 nitrogen and oxygen atoms in total. The molecule has 1 atom stereocenters. The highest BCUT2D eigenvalue weighted by Crippen LogP contribution is 2.23. The summed E-state index contributed by atoms with van der Waals surface area (Å²) in [6.45, 7) is 8.97. The molecule has 0 fully saturated rings. The van der Waals surface area contributed by atoms with Gasteiger partial charge in [0.25, 0.3) is 0 Å².